The molecule has 120 valence electrons. The van der Waals surface area contributed by atoms with Gasteiger partial charge < -0.3 is 15.8 Å². The maximum atomic E-state index is 11.7. The monoisotopic (exact) mass is 322 g/mol. The van der Waals surface area contributed by atoms with Crippen molar-refractivity contribution in [2.24, 2.45) is 5.73 Å². The molecular weight excluding hydrogens is 308 g/mol. The van der Waals surface area contributed by atoms with Crippen LogP contribution in [0.3, 0.4) is 0 Å². The predicted octanol–water partition coefficient (Wildman–Crippen LogP) is 1.49. The van der Waals surface area contributed by atoms with Gasteiger partial charge in [0.1, 0.15) is 23.2 Å². The van der Waals surface area contributed by atoms with Crippen molar-refractivity contribution < 1.29 is 14.3 Å². The van der Waals surface area contributed by atoms with E-state index < -0.39 is 5.91 Å². The average Bonchev–Trinajstić information content (AvgIpc) is 2.59. The number of anilines is 1. The molecule has 0 aliphatic carbocycles. The highest BCUT2D eigenvalue weighted by molar-refractivity contribution is 6.00. The number of primary amides is 1. The van der Waals surface area contributed by atoms with Crippen molar-refractivity contribution in [2.75, 3.05) is 11.9 Å². The second-order valence-corrected chi connectivity index (χ2v) is 4.65. The standard InChI is InChI=1S/C17H14N4O3/c18-10-13(17(19)23)9-12-4-6-14(7-5-12)24-11-16(22)21-15-3-1-2-8-20-15/h1-9H,11H2,(H2,19,23)(H,20,21,22). The maximum absolute atomic E-state index is 11.7. The zero-order chi connectivity index (χ0) is 17.4. The number of nitrogens with one attached hydrogen (secondary N) is 1. The number of ether oxygens (including phenoxy) is 1. The SMILES string of the molecule is N#CC(=Cc1ccc(OCC(=O)Nc2ccccn2)cc1)C(N)=O. The zero-order valence-corrected chi connectivity index (χ0v) is 12.6. The number of nitrogens with zero attached hydrogens (tertiary/aromatic N) is 2. The Morgan fingerprint density at radius 2 is 2.00 bits per heavy atom. The summed E-state index contributed by atoms with van der Waals surface area (Å²) in [6.07, 6.45) is 2.95. The van der Waals surface area contributed by atoms with Crippen LogP contribution in [-0.4, -0.2) is 23.4 Å². The highest BCUT2D eigenvalue weighted by atomic mass is 16.5. The first-order valence-electron chi connectivity index (χ1n) is 6.94. The minimum atomic E-state index is -0.788. The highest BCUT2D eigenvalue weighted by Crippen LogP contribution is 2.14. The minimum Gasteiger partial charge on any atom is -0.484 e. The van der Waals surface area contributed by atoms with E-state index in [1.807, 2.05) is 0 Å². The summed E-state index contributed by atoms with van der Waals surface area (Å²) in [5, 5.41) is 11.4. The van der Waals surface area contributed by atoms with E-state index in [4.69, 9.17) is 15.7 Å². The second kappa shape index (κ2) is 8.10. The summed E-state index contributed by atoms with van der Waals surface area (Å²) in [4.78, 5) is 26.7. The van der Waals surface area contributed by atoms with Gasteiger partial charge in [0.2, 0.25) is 0 Å². The molecule has 0 atom stereocenters. The van der Waals surface area contributed by atoms with Gasteiger partial charge in [0.25, 0.3) is 11.8 Å². The summed E-state index contributed by atoms with van der Waals surface area (Å²) in [5.41, 5.74) is 5.55. The van der Waals surface area contributed by atoms with Gasteiger partial charge in [0, 0.05) is 6.20 Å². The van der Waals surface area contributed by atoms with Gasteiger partial charge in [0.15, 0.2) is 6.61 Å². The Morgan fingerprint density at radius 1 is 1.25 bits per heavy atom. The lowest BCUT2D eigenvalue weighted by molar-refractivity contribution is -0.118. The molecule has 0 radical (unpaired) electrons. The molecule has 2 aromatic rings. The Bertz CT molecular complexity index is 793. The van der Waals surface area contributed by atoms with Gasteiger partial charge in [-0.1, -0.05) is 18.2 Å². The maximum Gasteiger partial charge on any atom is 0.263 e. The first-order valence-corrected chi connectivity index (χ1v) is 6.94. The van der Waals surface area contributed by atoms with Crippen molar-refractivity contribution >= 4 is 23.7 Å². The van der Waals surface area contributed by atoms with Crippen molar-refractivity contribution in [3.8, 4) is 11.8 Å². The van der Waals surface area contributed by atoms with E-state index in [2.05, 4.69) is 10.3 Å². The molecule has 0 unspecified atom stereocenters. The molecule has 24 heavy (non-hydrogen) atoms. The first kappa shape index (κ1) is 16.7. The molecule has 2 amide bonds. The van der Waals surface area contributed by atoms with Crippen molar-refractivity contribution in [1.82, 2.24) is 4.98 Å². The van der Waals surface area contributed by atoms with Gasteiger partial charge in [-0.05, 0) is 35.9 Å². The van der Waals surface area contributed by atoms with E-state index >= 15 is 0 Å². The Labute approximate surface area is 138 Å². The van der Waals surface area contributed by atoms with E-state index in [0.717, 1.165) is 0 Å². The van der Waals surface area contributed by atoms with E-state index in [9.17, 15) is 9.59 Å². The largest absolute Gasteiger partial charge is 0.484 e. The Morgan fingerprint density at radius 3 is 2.58 bits per heavy atom. The molecular formula is C17H14N4O3. The molecule has 7 heteroatoms. The first-order chi connectivity index (χ1) is 11.6. The summed E-state index contributed by atoms with van der Waals surface area (Å²) in [6.45, 7) is -0.170. The van der Waals surface area contributed by atoms with E-state index in [1.54, 1.807) is 54.7 Å². The Balaban J connectivity index is 1.91. The number of carbonyl (C=O) groups excluding carboxylic acids is 2. The van der Waals surface area contributed by atoms with Crippen LogP contribution in [-0.2, 0) is 9.59 Å². The van der Waals surface area contributed by atoms with E-state index in [0.29, 0.717) is 17.1 Å². The number of aromatic nitrogens is 1. The van der Waals surface area contributed by atoms with Gasteiger partial charge in [-0.15, -0.1) is 0 Å². The van der Waals surface area contributed by atoms with Gasteiger partial charge >= 0.3 is 0 Å². The molecule has 1 heterocycles. The van der Waals surface area contributed by atoms with Crippen molar-refractivity contribution in [2.45, 2.75) is 0 Å². The third-order valence-corrected chi connectivity index (χ3v) is 2.88. The summed E-state index contributed by atoms with van der Waals surface area (Å²) in [6, 6.07) is 13.4. The summed E-state index contributed by atoms with van der Waals surface area (Å²) < 4.78 is 5.36. The highest BCUT2D eigenvalue weighted by Gasteiger charge is 2.05. The molecule has 0 spiro atoms. The van der Waals surface area contributed by atoms with Crippen LogP contribution in [0.5, 0.6) is 5.75 Å². The van der Waals surface area contributed by atoms with Crippen LogP contribution in [0.1, 0.15) is 5.56 Å². The third-order valence-electron chi connectivity index (χ3n) is 2.88. The number of amides is 2. The van der Waals surface area contributed by atoms with Crippen LogP contribution in [0, 0.1) is 11.3 Å². The zero-order valence-electron chi connectivity index (χ0n) is 12.6. The van der Waals surface area contributed by atoms with Gasteiger partial charge in [-0.3, -0.25) is 9.59 Å². The summed E-state index contributed by atoms with van der Waals surface area (Å²) >= 11 is 0. The molecule has 0 bridgehead atoms. The second-order valence-electron chi connectivity index (χ2n) is 4.65. The number of hydrogen-bond acceptors (Lipinski definition) is 5. The normalized spacial score (nSPS) is 10.5. The fraction of sp³-hybridized carbons (Fsp3) is 0.0588. The fourth-order valence-electron chi connectivity index (χ4n) is 1.75. The summed E-state index contributed by atoms with van der Waals surface area (Å²) in [5.74, 6) is -0.204. The minimum absolute atomic E-state index is 0.140. The van der Waals surface area contributed by atoms with Crippen LogP contribution < -0.4 is 15.8 Å². The molecule has 1 aromatic heterocycles. The molecule has 7 nitrogen and oxygen atoms in total. The van der Waals surface area contributed by atoms with E-state index in [-0.39, 0.29) is 18.1 Å². The van der Waals surface area contributed by atoms with Crippen LogP contribution >= 0.6 is 0 Å². The fourth-order valence-corrected chi connectivity index (χ4v) is 1.75. The lowest BCUT2D eigenvalue weighted by Gasteiger charge is -2.07. The quantitative estimate of drug-likeness (QED) is 0.617. The number of benzene rings is 1. The van der Waals surface area contributed by atoms with Gasteiger partial charge in [-0.2, -0.15) is 5.26 Å². The molecule has 0 aliphatic rings. The Hall–Kier alpha value is -3.66. The van der Waals surface area contributed by atoms with Crippen LogP contribution in [0.25, 0.3) is 6.08 Å². The number of nitriles is 1. The molecule has 1 aromatic carbocycles. The van der Waals surface area contributed by atoms with Crippen molar-refractivity contribution in [3.63, 3.8) is 0 Å². The predicted molar refractivity (Wildman–Crippen MR) is 87.6 cm³/mol. The van der Waals surface area contributed by atoms with Crippen LogP contribution in [0.2, 0.25) is 0 Å². The third kappa shape index (κ3) is 4.96. The Kier molecular flexibility index (Phi) is 5.64. The summed E-state index contributed by atoms with van der Waals surface area (Å²) in [7, 11) is 0. The molecule has 0 saturated heterocycles. The molecule has 3 N–H and O–H groups in total. The average molecular weight is 322 g/mol. The number of hydrogen-bond donors (Lipinski definition) is 2. The van der Waals surface area contributed by atoms with Crippen LogP contribution in [0.15, 0.2) is 54.2 Å². The molecule has 0 aliphatic heterocycles. The number of pyridine rings is 1. The smallest absolute Gasteiger partial charge is 0.263 e. The van der Waals surface area contributed by atoms with Gasteiger partial charge in [-0.25, -0.2) is 4.98 Å². The van der Waals surface area contributed by atoms with Gasteiger partial charge in [0.05, 0.1) is 0 Å². The van der Waals surface area contributed by atoms with E-state index in [1.165, 1.54) is 6.08 Å². The number of rotatable bonds is 6. The van der Waals surface area contributed by atoms with Crippen LogP contribution in [0.4, 0.5) is 5.82 Å². The molecule has 2 rings (SSSR count). The molecule has 0 saturated carbocycles. The molecule has 0 fully saturated rings. The topological polar surface area (TPSA) is 118 Å². The van der Waals surface area contributed by atoms with Crippen molar-refractivity contribution in [1.29, 1.82) is 5.26 Å². The van der Waals surface area contributed by atoms with Crippen molar-refractivity contribution in [3.05, 3.63) is 59.8 Å². The lowest BCUT2D eigenvalue weighted by atomic mass is 10.1. The number of carbonyl (C=O) groups is 2. The number of nitrogens with two attached hydrogens (primary N) is 1. The lowest BCUT2D eigenvalue weighted by Crippen LogP contribution is -2.20.